The van der Waals surface area contributed by atoms with Gasteiger partial charge in [-0.25, -0.2) is 0 Å². The fourth-order valence-corrected chi connectivity index (χ4v) is 7.02. The van der Waals surface area contributed by atoms with E-state index in [1.54, 1.807) is 0 Å². The minimum absolute atomic E-state index is 0. The van der Waals surface area contributed by atoms with E-state index in [9.17, 15) is 0 Å². The lowest BCUT2D eigenvalue weighted by atomic mass is 9.49. The number of hydrogen-bond donors (Lipinski definition) is 0. The van der Waals surface area contributed by atoms with Crippen LogP contribution in [-0.4, -0.2) is 0 Å². The minimum atomic E-state index is 0. The number of allylic oxidation sites excluding steroid dienone is 2. The van der Waals surface area contributed by atoms with Gasteiger partial charge in [0.1, 0.15) is 0 Å². The molecule has 142 valence electrons. The standard InChI is InChI=1S/C21H36.C2H6.CH4/c1-8-17-16-11-14(3)18-10-13(2)9-15(4)21(18,7)19(16)12-20(17,5)6;1-2;/h10,13-17,19H,8-9,11-12H2,1-7H3;1-2H3;1H4. The molecule has 0 aromatic rings. The Hall–Kier alpha value is -0.260. The SMILES string of the molecule is C.CC.CCC1C2CC(C)C3=CC(C)CC(C)C3(C)C2CC1(C)C. The van der Waals surface area contributed by atoms with Crippen molar-refractivity contribution in [3.05, 3.63) is 11.6 Å². The normalized spacial score (nSPS) is 45.8. The Morgan fingerprint density at radius 3 is 2.17 bits per heavy atom. The van der Waals surface area contributed by atoms with Gasteiger partial charge in [-0.05, 0) is 65.6 Å². The first-order valence-corrected chi connectivity index (χ1v) is 10.4. The van der Waals surface area contributed by atoms with Gasteiger partial charge in [-0.3, -0.25) is 0 Å². The van der Waals surface area contributed by atoms with Gasteiger partial charge in [0.05, 0.1) is 0 Å². The molecule has 0 heteroatoms. The maximum absolute atomic E-state index is 2.67. The van der Waals surface area contributed by atoms with E-state index in [-0.39, 0.29) is 7.43 Å². The molecule has 0 radical (unpaired) electrons. The molecule has 2 saturated carbocycles. The summed E-state index contributed by atoms with van der Waals surface area (Å²) in [6.07, 6.45) is 8.35. The minimum Gasteiger partial charge on any atom is -0.0816 e. The van der Waals surface area contributed by atoms with Crippen molar-refractivity contribution in [2.75, 3.05) is 0 Å². The second kappa shape index (κ2) is 7.55. The summed E-state index contributed by atoms with van der Waals surface area (Å²) in [7, 11) is 0. The Balaban J connectivity index is 0.000000925. The van der Waals surface area contributed by atoms with Crippen LogP contribution in [0.2, 0.25) is 0 Å². The zero-order chi connectivity index (χ0) is 17.6. The molecule has 24 heavy (non-hydrogen) atoms. The van der Waals surface area contributed by atoms with Crippen molar-refractivity contribution in [3.8, 4) is 0 Å². The van der Waals surface area contributed by atoms with Crippen molar-refractivity contribution in [1.82, 2.24) is 0 Å². The van der Waals surface area contributed by atoms with Gasteiger partial charge in [-0.2, -0.15) is 0 Å². The van der Waals surface area contributed by atoms with E-state index < -0.39 is 0 Å². The fourth-order valence-electron chi connectivity index (χ4n) is 7.02. The summed E-state index contributed by atoms with van der Waals surface area (Å²) >= 11 is 0. The van der Waals surface area contributed by atoms with Gasteiger partial charge in [0.25, 0.3) is 0 Å². The second-order valence-electron chi connectivity index (χ2n) is 9.63. The van der Waals surface area contributed by atoms with Gasteiger partial charge >= 0.3 is 0 Å². The highest BCUT2D eigenvalue weighted by Crippen LogP contribution is 2.67. The molecule has 0 aromatic carbocycles. The number of fused-ring (bicyclic) bond motifs is 3. The summed E-state index contributed by atoms with van der Waals surface area (Å²) in [6, 6.07) is 0. The quantitative estimate of drug-likeness (QED) is 0.426. The van der Waals surface area contributed by atoms with E-state index in [4.69, 9.17) is 0 Å². The van der Waals surface area contributed by atoms with Gasteiger partial charge in [0, 0.05) is 0 Å². The molecular weight excluding hydrogens is 288 g/mol. The highest BCUT2D eigenvalue weighted by atomic mass is 14.6. The summed E-state index contributed by atoms with van der Waals surface area (Å²) in [4.78, 5) is 0. The number of hydrogen-bond acceptors (Lipinski definition) is 0. The third-order valence-corrected chi connectivity index (χ3v) is 7.99. The second-order valence-corrected chi connectivity index (χ2v) is 9.63. The Morgan fingerprint density at radius 1 is 1.04 bits per heavy atom. The van der Waals surface area contributed by atoms with Gasteiger partial charge in [-0.1, -0.05) is 87.8 Å². The zero-order valence-corrected chi connectivity index (χ0v) is 17.4. The van der Waals surface area contributed by atoms with Crippen molar-refractivity contribution in [2.24, 2.45) is 46.3 Å². The van der Waals surface area contributed by atoms with Crippen molar-refractivity contribution < 1.29 is 0 Å². The van der Waals surface area contributed by atoms with E-state index >= 15 is 0 Å². The van der Waals surface area contributed by atoms with Crippen LogP contribution in [0.3, 0.4) is 0 Å². The highest BCUT2D eigenvalue weighted by molar-refractivity contribution is 5.28. The summed E-state index contributed by atoms with van der Waals surface area (Å²) in [5.74, 6) is 5.30. The van der Waals surface area contributed by atoms with Crippen LogP contribution in [0.15, 0.2) is 11.6 Å². The molecule has 2 fully saturated rings. The molecule has 0 nitrogen and oxygen atoms in total. The van der Waals surface area contributed by atoms with Gasteiger partial charge < -0.3 is 0 Å². The first kappa shape index (κ1) is 21.8. The molecule has 0 saturated heterocycles. The molecule has 0 bridgehead atoms. The van der Waals surface area contributed by atoms with Crippen LogP contribution in [-0.2, 0) is 0 Å². The third-order valence-electron chi connectivity index (χ3n) is 7.99. The third kappa shape index (κ3) is 3.12. The molecule has 3 aliphatic carbocycles. The zero-order valence-electron chi connectivity index (χ0n) is 17.4. The van der Waals surface area contributed by atoms with Crippen LogP contribution < -0.4 is 0 Å². The van der Waals surface area contributed by atoms with Crippen LogP contribution in [0.1, 0.15) is 95.4 Å². The van der Waals surface area contributed by atoms with Crippen molar-refractivity contribution in [1.29, 1.82) is 0 Å². The Labute approximate surface area is 153 Å². The van der Waals surface area contributed by atoms with E-state index in [0.717, 1.165) is 35.5 Å². The molecule has 3 aliphatic rings. The van der Waals surface area contributed by atoms with E-state index in [0.29, 0.717) is 10.8 Å². The van der Waals surface area contributed by atoms with Gasteiger partial charge in [-0.15, -0.1) is 0 Å². The monoisotopic (exact) mass is 334 g/mol. The molecule has 3 rings (SSSR count). The molecule has 0 amide bonds. The molecule has 0 heterocycles. The van der Waals surface area contributed by atoms with Crippen molar-refractivity contribution >= 4 is 0 Å². The predicted octanol–water partition coefficient (Wildman–Crippen LogP) is 7.99. The van der Waals surface area contributed by atoms with E-state index in [1.165, 1.54) is 25.7 Å². The number of rotatable bonds is 1. The Bertz CT molecular complexity index is 443. The van der Waals surface area contributed by atoms with Crippen LogP contribution in [0.5, 0.6) is 0 Å². The Morgan fingerprint density at radius 2 is 1.62 bits per heavy atom. The summed E-state index contributed by atoms with van der Waals surface area (Å²) in [6.45, 7) is 21.7. The molecule has 0 aromatic heterocycles. The van der Waals surface area contributed by atoms with Crippen LogP contribution in [0.25, 0.3) is 0 Å². The smallest absolute Gasteiger partial charge is 0.00566 e. The van der Waals surface area contributed by atoms with E-state index in [1.807, 2.05) is 19.4 Å². The average Bonchev–Trinajstić information content (AvgIpc) is 2.75. The summed E-state index contributed by atoms with van der Waals surface area (Å²) in [5.41, 5.74) is 2.86. The first-order chi connectivity index (χ1) is 10.7. The maximum Gasteiger partial charge on any atom is -0.00566 e. The van der Waals surface area contributed by atoms with Gasteiger partial charge in [0.15, 0.2) is 0 Å². The maximum atomic E-state index is 2.67. The summed E-state index contributed by atoms with van der Waals surface area (Å²) < 4.78 is 0. The first-order valence-electron chi connectivity index (χ1n) is 10.4. The predicted molar refractivity (Wildman–Crippen MR) is 110 cm³/mol. The van der Waals surface area contributed by atoms with Crippen molar-refractivity contribution in [2.45, 2.75) is 95.4 Å². The van der Waals surface area contributed by atoms with Crippen LogP contribution in [0.4, 0.5) is 0 Å². The lowest BCUT2D eigenvalue weighted by molar-refractivity contribution is 0.0288. The lowest BCUT2D eigenvalue weighted by Gasteiger charge is -2.55. The molecular formula is C24H46. The average molecular weight is 335 g/mol. The highest BCUT2D eigenvalue weighted by Gasteiger charge is 2.59. The Kier molecular flexibility index (Phi) is 6.85. The topological polar surface area (TPSA) is 0 Å². The largest absolute Gasteiger partial charge is 0.0816 e. The molecule has 7 atom stereocenters. The molecule has 0 spiro atoms. The van der Waals surface area contributed by atoms with Crippen LogP contribution >= 0.6 is 0 Å². The van der Waals surface area contributed by atoms with Crippen molar-refractivity contribution in [3.63, 3.8) is 0 Å². The van der Waals surface area contributed by atoms with Crippen LogP contribution in [0, 0.1) is 46.3 Å². The fraction of sp³-hybridized carbons (Fsp3) is 0.917. The van der Waals surface area contributed by atoms with Gasteiger partial charge in [0.2, 0.25) is 0 Å². The molecule has 0 aliphatic heterocycles. The van der Waals surface area contributed by atoms with E-state index in [2.05, 4.69) is 54.5 Å². The molecule has 0 N–H and O–H groups in total. The summed E-state index contributed by atoms with van der Waals surface area (Å²) in [5, 5.41) is 0. The molecule has 7 unspecified atom stereocenters. The lowest BCUT2D eigenvalue weighted by Crippen LogP contribution is -2.47.